The largest absolute Gasteiger partial charge is 0.342 e. The molecule has 1 aromatic carbocycles. The Labute approximate surface area is 123 Å². The van der Waals surface area contributed by atoms with Crippen LogP contribution in [0.3, 0.4) is 0 Å². The van der Waals surface area contributed by atoms with Gasteiger partial charge in [0, 0.05) is 43.6 Å². The van der Waals surface area contributed by atoms with E-state index in [0.717, 1.165) is 37.1 Å². The molecule has 104 valence electrons. The Morgan fingerprint density at radius 2 is 1.84 bits per heavy atom. The van der Waals surface area contributed by atoms with E-state index in [-0.39, 0.29) is 5.91 Å². The van der Waals surface area contributed by atoms with Crippen molar-refractivity contribution in [1.82, 2.24) is 9.80 Å². The summed E-state index contributed by atoms with van der Waals surface area (Å²) in [6.07, 6.45) is 1.06. The molecule has 19 heavy (non-hydrogen) atoms. The zero-order valence-electron chi connectivity index (χ0n) is 11.6. The van der Waals surface area contributed by atoms with Gasteiger partial charge < -0.3 is 4.90 Å². The molecule has 0 radical (unpaired) electrons. The van der Waals surface area contributed by atoms with Crippen LogP contribution >= 0.6 is 15.9 Å². The minimum absolute atomic E-state index is 0.193. The van der Waals surface area contributed by atoms with Crippen LogP contribution in [0.15, 0.2) is 28.7 Å². The van der Waals surface area contributed by atoms with E-state index >= 15 is 0 Å². The van der Waals surface area contributed by atoms with E-state index in [2.05, 4.69) is 52.0 Å². The van der Waals surface area contributed by atoms with Gasteiger partial charge in [0.25, 0.3) is 0 Å². The van der Waals surface area contributed by atoms with Gasteiger partial charge in [-0.25, -0.2) is 0 Å². The van der Waals surface area contributed by atoms with Gasteiger partial charge in [0.2, 0.25) is 5.91 Å². The highest BCUT2D eigenvalue weighted by Crippen LogP contribution is 2.23. The van der Waals surface area contributed by atoms with Crippen LogP contribution in [0.4, 0.5) is 0 Å². The van der Waals surface area contributed by atoms with Gasteiger partial charge in [-0.05, 0) is 31.0 Å². The van der Waals surface area contributed by atoms with Gasteiger partial charge in [-0.15, -0.1) is 0 Å². The summed E-state index contributed by atoms with van der Waals surface area (Å²) < 4.78 is 1.11. The van der Waals surface area contributed by atoms with Crippen LogP contribution < -0.4 is 0 Å². The van der Waals surface area contributed by atoms with E-state index in [1.807, 2.05) is 4.90 Å². The zero-order valence-corrected chi connectivity index (χ0v) is 13.2. The molecule has 0 unspecified atom stereocenters. The first-order valence-electron chi connectivity index (χ1n) is 6.83. The predicted molar refractivity (Wildman–Crippen MR) is 81.0 cm³/mol. The average Bonchev–Trinajstić information content (AvgIpc) is 2.64. The minimum Gasteiger partial charge on any atom is -0.342 e. The number of nitrogens with zero attached hydrogens (tertiary/aromatic N) is 2. The van der Waals surface area contributed by atoms with Gasteiger partial charge in [0.15, 0.2) is 0 Å². The third-order valence-electron chi connectivity index (χ3n) is 3.88. The number of amides is 1. The summed E-state index contributed by atoms with van der Waals surface area (Å²) in [6, 6.07) is 8.92. The van der Waals surface area contributed by atoms with Gasteiger partial charge in [-0.2, -0.15) is 0 Å². The molecule has 1 saturated heterocycles. The number of rotatable bonds is 2. The molecule has 1 heterocycles. The second-order valence-electron chi connectivity index (χ2n) is 5.12. The fourth-order valence-corrected chi connectivity index (χ4v) is 2.86. The second kappa shape index (κ2) is 6.53. The SMILES string of the molecule is CC(=O)N1CCCN([C@@H](C)c2ccc(Br)cc2)CC1. The molecular formula is C15H21BrN2O. The number of carbonyl (C=O) groups is 1. The molecule has 0 saturated carbocycles. The number of hydrogen-bond donors (Lipinski definition) is 0. The van der Waals surface area contributed by atoms with E-state index < -0.39 is 0 Å². The summed E-state index contributed by atoms with van der Waals surface area (Å²) in [5.41, 5.74) is 1.33. The molecule has 1 aliphatic rings. The Balaban J connectivity index is 2.01. The quantitative estimate of drug-likeness (QED) is 0.834. The van der Waals surface area contributed by atoms with Crippen molar-refractivity contribution in [1.29, 1.82) is 0 Å². The molecule has 0 N–H and O–H groups in total. The highest BCUT2D eigenvalue weighted by atomic mass is 79.9. The first-order chi connectivity index (χ1) is 9.08. The molecule has 1 aliphatic heterocycles. The van der Waals surface area contributed by atoms with Gasteiger partial charge in [0.05, 0.1) is 0 Å². The first-order valence-corrected chi connectivity index (χ1v) is 7.62. The fraction of sp³-hybridized carbons (Fsp3) is 0.533. The van der Waals surface area contributed by atoms with Crippen LogP contribution in [0.25, 0.3) is 0 Å². The molecule has 3 nitrogen and oxygen atoms in total. The summed E-state index contributed by atoms with van der Waals surface area (Å²) in [5.74, 6) is 0.193. The Bertz CT molecular complexity index is 432. The van der Waals surface area contributed by atoms with Crippen LogP contribution in [0.1, 0.15) is 31.9 Å². The van der Waals surface area contributed by atoms with Crippen LogP contribution in [0.2, 0.25) is 0 Å². The molecule has 0 bridgehead atoms. The van der Waals surface area contributed by atoms with E-state index in [0.29, 0.717) is 6.04 Å². The van der Waals surface area contributed by atoms with Crippen LogP contribution in [-0.4, -0.2) is 41.9 Å². The predicted octanol–water partition coefficient (Wildman–Crippen LogP) is 3.06. The summed E-state index contributed by atoms with van der Waals surface area (Å²) in [4.78, 5) is 15.9. The summed E-state index contributed by atoms with van der Waals surface area (Å²) in [6.45, 7) is 7.65. The molecular weight excluding hydrogens is 304 g/mol. The lowest BCUT2D eigenvalue weighted by Gasteiger charge is -2.28. The number of hydrogen-bond acceptors (Lipinski definition) is 2. The highest BCUT2D eigenvalue weighted by Gasteiger charge is 2.21. The van der Waals surface area contributed by atoms with E-state index in [9.17, 15) is 4.79 Å². The lowest BCUT2D eigenvalue weighted by Crippen LogP contribution is -2.34. The third kappa shape index (κ3) is 3.80. The number of carbonyl (C=O) groups excluding carboxylic acids is 1. The van der Waals surface area contributed by atoms with Crippen LogP contribution in [-0.2, 0) is 4.79 Å². The van der Waals surface area contributed by atoms with Crippen LogP contribution in [0.5, 0.6) is 0 Å². The van der Waals surface area contributed by atoms with Crippen molar-refractivity contribution < 1.29 is 4.79 Å². The van der Waals surface area contributed by atoms with Crippen molar-refractivity contribution in [3.8, 4) is 0 Å². The molecule has 2 rings (SSSR count). The molecule has 1 atom stereocenters. The Morgan fingerprint density at radius 3 is 2.47 bits per heavy atom. The maximum absolute atomic E-state index is 11.4. The Kier molecular flexibility index (Phi) is 4.99. The first kappa shape index (κ1) is 14.5. The van der Waals surface area contributed by atoms with Gasteiger partial charge in [-0.1, -0.05) is 28.1 Å². The third-order valence-corrected chi connectivity index (χ3v) is 4.40. The lowest BCUT2D eigenvalue weighted by atomic mass is 10.1. The zero-order chi connectivity index (χ0) is 13.8. The summed E-state index contributed by atoms with van der Waals surface area (Å²) in [5, 5.41) is 0. The van der Waals surface area contributed by atoms with E-state index in [1.54, 1.807) is 6.92 Å². The summed E-state index contributed by atoms with van der Waals surface area (Å²) >= 11 is 3.47. The Hall–Kier alpha value is -0.870. The van der Waals surface area contributed by atoms with Crippen molar-refractivity contribution in [2.75, 3.05) is 26.2 Å². The monoisotopic (exact) mass is 324 g/mol. The highest BCUT2D eigenvalue weighted by molar-refractivity contribution is 9.10. The molecule has 4 heteroatoms. The van der Waals surface area contributed by atoms with Crippen molar-refractivity contribution in [2.45, 2.75) is 26.3 Å². The topological polar surface area (TPSA) is 23.6 Å². The molecule has 1 aromatic rings. The Morgan fingerprint density at radius 1 is 1.16 bits per heavy atom. The number of halogens is 1. The normalized spacial score (nSPS) is 19.0. The molecule has 0 aliphatic carbocycles. The van der Waals surface area contributed by atoms with Crippen molar-refractivity contribution in [3.05, 3.63) is 34.3 Å². The van der Waals surface area contributed by atoms with Crippen molar-refractivity contribution in [2.24, 2.45) is 0 Å². The standard InChI is InChI=1S/C15H21BrN2O/c1-12(14-4-6-15(16)7-5-14)17-8-3-9-18(11-10-17)13(2)19/h4-7,12H,3,8-11H2,1-2H3/t12-/m0/s1. The maximum Gasteiger partial charge on any atom is 0.219 e. The number of benzene rings is 1. The van der Waals surface area contributed by atoms with Gasteiger partial charge in [0.1, 0.15) is 0 Å². The molecule has 1 fully saturated rings. The lowest BCUT2D eigenvalue weighted by molar-refractivity contribution is -0.128. The van der Waals surface area contributed by atoms with Crippen LogP contribution in [0, 0.1) is 0 Å². The smallest absolute Gasteiger partial charge is 0.219 e. The molecule has 0 aromatic heterocycles. The van der Waals surface area contributed by atoms with Gasteiger partial charge in [-0.3, -0.25) is 9.69 Å². The minimum atomic E-state index is 0.193. The molecule has 0 spiro atoms. The average molecular weight is 325 g/mol. The fourth-order valence-electron chi connectivity index (χ4n) is 2.59. The van der Waals surface area contributed by atoms with E-state index in [1.165, 1.54) is 5.56 Å². The van der Waals surface area contributed by atoms with Crippen molar-refractivity contribution in [3.63, 3.8) is 0 Å². The maximum atomic E-state index is 11.4. The van der Waals surface area contributed by atoms with Crippen molar-refractivity contribution >= 4 is 21.8 Å². The molecule has 1 amide bonds. The van der Waals surface area contributed by atoms with E-state index in [4.69, 9.17) is 0 Å². The second-order valence-corrected chi connectivity index (χ2v) is 6.04. The van der Waals surface area contributed by atoms with Gasteiger partial charge >= 0.3 is 0 Å². The summed E-state index contributed by atoms with van der Waals surface area (Å²) in [7, 11) is 0.